The van der Waals surface area contributed by atoms with Gasteiger partial charge in [0.1, 0.15) is 35.9 Å². The van der Waals surface area contributed by atoms with Crippen LogP contribution in [0.3, 0.4) is 0 Å². The Balaban J connectivity index is 7.61. The van der Waals surface area contributed by atoms with Gasteiger partial charge < -0.3 is 0 Å². The molecule has 4 heteroatoms. The highest BCUT2D eigenvalue weighted by atomic mass is 28.3. The van der Waals surface area contributed by atoms with E-state index in [4.69, 9.17) is 0 Å². The lowest BCUT2D eigenvalue weighted by Gasteiger charge is -2.38. The number of rotatable bonds is 9. The molecule has 206 valence electrons. The molecule has 0 aliphatic heterocycles. The van der Waals surface area contributed by atoms with Crippen molar-refractivity contribution in [2.45, 2.75) is 155 Å². The molecule has 0 amide bonds. The third-order valence-electron chi connectivity index (χ3n) is 9.38. The standard InChI is InChI=1S/C33H57NSi3/c1-16-35(17-2,18-3)22-19-32(20-23-36(26(4)5,27(6)7)28(8)9)33(25-34)21-24-37(29(10)11,30(12)13)31(14)15/h26-31H,16-18H2,1-15H3/b33-32-. The van der Waals surface area contributed by atoms with Crippen molar-refractivity contribution in [1.82, 2.24) is 0 Å². The molecule has 1 nitrogen and oxygen atoms in total. The van der Waals surface area contributed by atoms with E-state index in [0.29, 0.717) is 44.4 Å². The predicted octanol–water partition coefficient (Wildman–Crippen LogP) is 10.3. The van der Waals surface area contributed by atoms with Crippen molar-refractivity contribution < 1.29 is 0 Å². The molecule has 0 aromatic heterocycles. The van der Waals surface area contributed by atoms with E-state index in [-0.39, 0.29) is 0 Å². The SMILES string of the molecule is CC[Si](C#C/C(C#C[Si](C(C)C)(C(C)C)C(C)C)=C(/C#N)C#C[Si](C(C)C)(C(C)C)C(C)C)(CC)CC. The summed E-state index contributed by atoms with van der Waals surface area (Å²) in [6.07, 6.45) is 0. The van der Waals surface area contributed by atoms with Gasteiger partial charge in [-0.2, -0.15) is 5.26 Å². The first-order chi connectivity index (χ1) is 17.1. The van der Waals surface area contributed by atoms with Gasteiger partial charge in [0.2, 0.25) is 0 Å². The largest absolute Gasteiger partial charge is 0.192 e. The molecule has 0 aromatic rings. The van der Waals surface area contributed by atoms with E-state index in [2.05, 4.69) is 144 Å². The molecule has 0 aromatic carbocycles. The van der Waals surface area contributed by atoms with Crippen LogP contribution in [0.1, 0.15) is 104 Å². The summed E-state index contributed by atoms with van der Waals surface area (Å²) >= 11 is 0. The maximum absolute atomic E-state index is 10.4. The Kier molecular flexibility index (Phi) is 14.6. The average molecular weight is 552 g/mol. The van der Waals surface area contributed by atoms with Gasteiger partial charge in [-0.25, -0.2) is 0 Å². The Morgan fingerprint density at radius 1 is 0.486 bits per heavy atom. The van der Waals surface area contributed by atoms with Gasteiger partial charge in [0.25, 0.3) is 0 Å². The van der Waals surface area contributed by atoms with Crippen molar-refractivity contribution in [2.75, 3.05) is 0 Å². The zero-order valence-electron chi connectivity index (χ0n) is 27.0. The Morgan fingerprint density at radius 3 is 1.00 bits per heavy atom. The minimum atomic E-state index is -1.97. The molecule has 0 unspecified atom stereocenters. The number of hydrogen-bond donors (Lipinski definition) is 0. The highest BCUT2D eigenvalue weighted by molar-refractivity contribution is 6.91. The number of allylic oxidation sites excluding steroid dienone is 2. The van der Waals surface area contributed by atoms with Crippen LogP contribution in [0.25, 0.3) is 0 Å². The summed E-state index contributed by atoms with van der Waals surface area (Å²) in [5, 5.41) is 10.4. The van der Waals surface area contributed by atoms with Gasteiger partial charge in [-0.3, -0.25) is 0 Å². The quantitative estimate of drug-likeness (QED) is 0.159. The molecule has 0 N–H and O–H groups in total. The van der Waals surface area contributed by atoms with Crippen LogP contribution >= 0.6 is 0 Å². The lowest BCUT2D eigenvalue weighted by molar-refractivity contribution is 0.838. The van der Waals surface area contributed by atoms with Gasteiger partial charge in [0, 0.05) is 0 Å². The lowest BCUT2D eigenvalue weighted by Crippen LogP contribution is -2.43. The van der Waals surface area contributed by atoms with Crippen molar-refractivity contribution in [3.05, 3.63) is 11.1 Å². The number of nitriles is 1. The molecule has 0 fully saturated rings. The third-order valence-corrected chi connectivity index (χ3v) is 26.7. The second-order valence-electron chi connectivity index (χ2n) is 12.7. The fraction of sp³-hybridized carbons (Fsp3) is 0.727. The summed E-state index contributed by atoms with van der Waals surface area (Å²) in [4.78, 5) is 0. The molecule has 0 radical (unpaired) electrons. The Labute approximate surface area is 235 Å². The van der Waals surface area contributed by atoms with E-state index >= 15 is 0 Å². The topological polar surface area (TPSA) is 23.8 Å². The van der Waals surface area contributed by atoms with Crippen molar-refractivity contribution in [3.63, 3.8) is 0 Å². The van der Waals surface area contributed by atoms with E-state index in [1.807, 2.05) is 0 Å². The molecule has 0 saturated heterocycles. The molecule has 0 aliphatic carbocycles. The molecule has 37 heavy (non-hydrogen) atoms. The monoisotopic (exact) mass is 551 g/mol. The zero-order chi connectivity index (χ0) is 29.2. The van der Waals surface area contributed by atoms with Crippen LogP contribution < -0.4 is 0 Å². The summed E-state index contributed by atoms with van der Waals surface area (Å²) in [5.74, 6) is 10.5. The highest BCUT2D eigenvalue weighted by Crippen LogP contribution is 2.42. The summed E-state index contributed by atoms with van der Waals surface area (Å²) in [5.41, 5.74) is 15.6. The smallest absolute Gasteiger partial charge is 0.146 e. The Morgan fingerprint density at radius 2 is 0.757 bits per heavy atom. The van der Waals surface area contributed by atoms with E-state index < -0.39 is 24.2 Å². The van der Waals surface area contributed by atoms with Crippen LogP contribution in [0.2, 0.25) is 51.4 Å². The van der Waals surface area contributed by atoms with Gasteiger partial charge in [-0.1, -0.05) is 122 Å². The fourth-order valence-electron chi connectivity index (χ4n) is 6.72. The number of nitrogens with zero attached hydrogens (tertiary/aromatic N) is 1. The average Bonchev–Trinajstić information content (AvgIpc) is 2.81. The maximum atomic E-state index is 10.4. The van der Waals surface area contributed by atoms with E-state index in [1.165, 1.54) is 0 Å². The maximum Gasteiger partial charge on any atom is 0.146 e. The molecule has 0 heterocycles. The molecule has 0 aliphatic rings. The summed E-state index contributed by atoms with van der Waals surface area (Å²) < 4.78 is 0. The molecule has 0 spiro atoms. The van der Waals surface area contributed by atoms with E-state index in [9.17, 15) is 5.26 Å². The van der Waals surface area contributed by atoms with Crippen LogP contribution in [0.15, 0.2) is 11.1 Å². The second kappa shape index (κ2) is 15.2. The lowest BCUT2D eigenvalue weighted by atomic mass is 10.1. The van der Waals surface area contributed by atoms with Crippen molar-refractivity contribution >= 4 is 24.2 Å². The molecular formula is C33H57NSi3. The minimum Gasteiger partial charge on any atom is -0.192 e. The molecule has 0 saturated carbocycles. The number of hydrogen-bond acceptors (Lipinski definition) is 1. The van der Waals surface area contributed by atoms with Crippen molar-refractivity contribution in [2.24, 2.45) is 0 Å². The first kappa shape index (κ1) is 35.6. The predicted molar refractivity (Wildman–Crippen MR) is 175 cm³/mol. The van der Waals surface area contributed by atoms with Crippen LogP contribution in [0, 0.1) is 45.7 Å². The van der Waals surface area contributed by atoms with Crippen LogP contribution in [0.5, 0.6) is 0 Å². The molecule has 0 rings (SSSR count). The van der Waals surface area contributed by atoms with Gasteiger partial charge in [0.15, 0.2) is 0 Å². The van der Waals surface area contributed by atoms with Gasteiger partial charge in [0.05, 0.1) is 5.57 Å². The normalized spacial score (nSPS) is 13.2. The fourth-order valence-corrected chi connectivity index (χ4v) is 19.6. The van der Waals surface area contributed by atoms with Gasteiger partial charge >= 0.3 is 0 Å². The summed E-state index contributed by atoms with van der Waals surface area (Å²) in [6.45, 7) is 34.7. The van der Waals surface area contributed by atoms with E-state index in [1.54, 1.807) is 0 Å². The van der Waals surface area contributed by atoms with Crippen LogP contribution in [0.4, 0.5) is 0 Å². The first-order valence-corrected chi connectivity index (χ1v) is 21.9. The van der Waals surface area contributed by atoms with Crippen LogP contribution in [-0.2, 0) is 0 Å². The highest BCUT2D eigenvalue weighted by Gasteiger charge is 2.42. The van der Waals surface area contributed by atoms with Crippen molar-refractivity contribution in [1.29, 1.82) is 5.26 Å². The summed E-state index contributed by atoms with van der Waals surface area (Å²) in [6, 6.07) is 5.86. The summed E-state index contributed by atoms with van der Waals surface area (Å²) in [7, 11) is -5.63. The van der Waals surface area contributed by atoms with E-state index in [0.717, 1.165) is 18.1 Å². The van der Waals surface area contributed by atoms with Crippen molar-refractivity contribution in [3.8, 4) is 40.5 Å². The van der Waals surface area contributed by atoms with Gasteiger partial charge in [-0.05, 0) is 51.4 Å². The van der Waals surface area contributed by atoms with Crippen LogP contribution in [-0.4, -0.2) is 24.2 Å². The second-order valence-corrected chi connectivity index (χ2v) is 28.8. The third kappa shape index (κ3) is 8.03. The molecule has 0 atom stereocenters. The molecule has 0 bridgehead atoms. The molecular weight excluding hydrogens is 495 g/mol. The Bertz CT molecular complexity index is 946. The zero-order valence-corrected chi connectivity index (χ0v) is 30.0. The first-order valence-electron chi connectivity index (χ1n) is 14.8. The van der Waals surface area contributed by atoms with Gasteiger partial charge in [-0.15, -0.1) is 16.6 Å². The Hall–Kier alpha value is -1.44. The minimum absolute atomic E-state index is 0.490.